The van der Waals surface area contributed by atoms with Gasteiger partial charge in [0.2, 0.25) is 0 Å². The summed E-state index contributed by atoms with van der Waals surface area (Å²) in [6.07, 6.45) is 5.60. The van der Waals surface area contributed by atoms with Gasteiger partial charge in [-0.3, -0.25) is 14.9 Å². The summed E-state index contributed by atoms with van der Waals surface area (Å²) in [5, 5.41) is 15.0. The van der Waals surface area contributed by atoms with Crippen LogP contribution in [-0.2, 0) is 13.0 Å². The van der Waals surface area contributed by atoms with Crippen molar-refractivity contribution < 1.29 is 5.11 Å². The van der Waals surface area contributed by atoms with Crippen LogP contribution in [-0.4, -0.2) is 48.9 Å². The van der Waals surface area contributed by atoms with Crippen molar-refractivity contribution in [2.24, 2.45) is 5.92 Å². The van der Waals surface area contributed by atoms with E-state index in [1.54, 1.807) is 18.6 Å². The highest BCUT2D eigenvalue weighted by molar-refractivity contribution is 5.37. The lowest BCUT2D eigenvalue weighted by atomic mass is 10.0. The highest BCUT2D eigenvalue weighted by Gasteiger charge is 2.31. The Bertz CT molecular complexity index is 908. The zero-order valence-electron chi connectivity index (χ0n) is 15.8. The summed E-state index contributed by atoms with van der Waals surface area (Å²) in [5.41, 5.74) is 5.40. The summed E-state index contributed by atoms with van der Waals surface area (Å²) in [6, 6.07) is 10.6. The van der Waals surface area contributed by atoms with Gasteiger partial charge in [0.05, 0.1) is 23.2 Å². The fraction of sp³-hybridized carbons (Fsp3) is 0.381. The first-order valence-corrected chi connectivity index (χ1v) is 9.36. The largest absolute Gasteiger partial charge is 0.391 e. The zero-order valence-corrected chi connectivity index (χ0v) is 15.8. The van der Waals surface area contributed by atoms with Gasteiger partial charge < -0.3 is 5.11 Å². The first kappa shape index (κ1) is 17.8. The second-order valence-electron chi connectivity index (χ2n) is 7.43. The SMILES string of the molecule is Cc1cc(C)n(-c2cccc(CN3C[C@@H](Cc4cnccn4)[C@H](O)C3)c2)n1. The number of aryl methyl sites for hydroxylation is 2. The van der Waals surface area contributed by atoms with Gasteiger partial charge in [-0.25, -0.2) is 4.68 Å². The van der Waals surface area contributed by atoms with Gasteiger partial charge in [0.1, 0.15) is 0 Å². The maximum Gasteiger partial charge on any atom is 0.0711 e. The van der Waals surface area contributed by atoms with Crippen molar-refractivity contribution in [3.8, 4) is 5.69 Å². The molecule has 0 amide bonds. The molecule has 2 aromatic heterocycles. The second-order valence-corrected chi connectivity index (χ2v) is 7.43. The molecule has 2 atom stereocenters. The predicted molar refractivity (Wildman–Crippen MR) is 104 cm³/mol. The first-order valence-electron chi connectivity index (χ1n) is 9.36. The Hall–Kier alpha value is -2.57. The third-order valence-corrected chi connectivity index (χ3v) is 5.14. The molecule has 0 saturated carbocycles. The van der Waals surface area contributed by atoms with E-state index in [-0.39, 0.29) is 12.0 Å². The van der Waals surface area contributed by atoms with E-state index < -0.39 is 0 Å². The van der Waals surface area contributed by atoms with E-state index in [2.05, 4.69) is 57.2 Å². The Labute approximate surface area is 159 Å². The minimum absolute atomic E-state index is 0.195. The maximum atomic E-state index is 10.5. The summed E-state index contributed by atoms with van der Waals surface area (Å²) in [6.45, 7) is 6.45. The summed E-state index contributed by atoms with van der Waals surface area (Å²) >= 11 is 0. The molecule has 1 fully saturated rings. The molecule has 4 rings (SSSR count). The average Bonchev–Trinajstić information content (AvgIpc) is 3.17. The van der Waals surface area contributed by atoms with Crippen molar-refractivity contribution in [2.45, 2.75) is 32.9 Å². The Balaban J connectivity index is 1.44. The number of hydrogen-bond donors (Lipinski definition) is 1. The van der Waals surface area contributed by atoms with Crippen molar-refractivity contribution in [2.75, 3.05) is 13.1 Å². The number of aromatic nitrogens is 4. The smallest absolute Gasteiger partial charge is 0.0711 e. The number of β-amino-alcohol motifs (C(OH)–C–C–N with tert-alkyl or cyclic N) is 1. The summed E-state index contributed by atoms with van der Waals surface area (Å²) in [7, 11) is 0. The highest BCUT2D eigenvalue weighted by atomic mass is 16.3. The minimum atomic E-state index is -0.328. The van der Waals surface area contributed by atoms with E-state index in [4.69, 9.17) is 0 Å². The monoisotopic (exact) mass is 363 g/mol. The number of aliphatic hydroxyl groups excluding tert-OH is 1. The molecule has 0 bridgehead atoms. The van der Waals surface area contributed by atoms with Crippen molar-refractivity contribution in [3.05, 3.63) is 71.6 Å². The minimum Gasteiger partial charge on any atom is -0.391 e. The summed E-state index contributed by atoms with van der Waals surface area (Å²) < 4.78 is 1.98. The van der Waals surface area contributed by atoms with E-state index in [0.717, 1.165) is 42.3 Å². The topological polar surface area (TPSA) is 67.1 Å². The van der Waals surface area contributed by atoms with Crippen molar-refractivity contribution in [1.29, 1.82) is 0 Å². The Morgan fingerprint density at radius 3 is 2.78 bits per heavy atom. The molecule has 6 nitrogen and oxygen atoms in total. The van der Waals surface area contributed by atoms with Crippen LogP contribution >= 0.6 is 0 Å². The number of aliphatic hydroxyl groups is 1. The third-order valence-electron chi connectivity index (χ3n) is 5.14. The quantitative estimate of drug-likeness (QED) is 0.753. The lowest BCUT2D eigenvalue weighted by Gasteiger charge is -2.16. The number of likely N-dealkylation sites (tertiary alicyclic amines) is 1. The van der Waals surface area contributed by atoms with Crippen LogP contribution in [0, 0.1) is 19.8 Å². The highest BCUT2D eigenvalue weighted by Crippen LogP contribution is 2.23. The van der Waals surface area contributed by atoms with Crippen LogP contribution in [0.15, 0.2) is 48.9 Å². The van der Waals surface area contributed by atoms with Crippen LogP contribution in [0.25, 0.3) is 5.69 Å². The first-order chi connectivity index (χ1) is 13.1. The predicted octanol–water partition coefficient (Wildman–Crippen LogP) is 2.31. The van der Waals surface area contributed by atoms with Crippen LogP contribution in [0.4, 0.5) is 0 Å². The average molecular weight is 363 g/mol. The molecular formula is C21H25N5O. The molecule has 0 radical (unpaired) electrons. The van der Waals surface area contributed by atoms with Crippen molar-refractivity contribution in [1.82, 2.24) is 24.6 Å². The van der Waals surface area contributed by atoms with Gasteiger partial charge in [-0.1, -0.05) is 12.1 Å². The Morgan fingerprint density at radius 1 is 1.15 bits per heavy atom. The van der Waals surface area contributed by atoms with Crippen LogP contribution < -0.4 is 0 Å². The Morgan fingerprint density at radius 2 is 2.04 bits per heavy atom. The summed E-state index contributed by atoms with van der Waals surface area (Å²) in [4.78, 5) is 10.8. The second kappa shape index (κ2) is 7.58. The molecule has 3 aromatic rings. The fourth-order valence-electron chi connectivity index (χ4n) is 3.91. The normalized spacial score (nSPS) is 20.3. The molecule has 1 aliphatic rings. The number of rotatable bonds is 5. The van der Waals surface area contributed by atoms with Crippen LogP contribution in [0.3, 0.4) is 0 Å². The Kier molecular flexibility index (Phi) is 5.01. The molecular weight excluding hydrogens is 338 g/mol. The lowest BCUT2D eigenvalue weighted by Crippen LogP contribution is -2.21. The molecule has 1 aromatic carbocycles. The standard InChI is InChI=1S/C21H25N5O/c1-15-8-16(2)26(24-15)20-5-3-4-17(9-20)12-25-13-18(21(27)14-25)10-19-11-22-6-7-23-19/h3-9,11,18,21,27H,10,12-14H2,1-2H3/t18-,21-/m1/s1. The van der Waals surface area contributed by atoms with Gasteiger partial charge in [-0.2, -0.15) is 5.10 Å². The van der Waals surface area contributed by atoms with E-state index in [1.807, 2.05) is 11.6 Å². The van der Waals surface area contributed by atoms with E-state index in [0.29, 0.717) is 6.54 Å². The number of hydrogen-bond acceptors (Lipinski definition) is 5. The molecule has 6 heteroatoms. The third kappa shape index (κ3) is 4.07. The molecule has 0 unspecified atom stereocenters. The van der Waals surface area contributed by atoms with Crippen LogP contribution in [0.2, 0.25) is 0 Å². The van der Waals surface area contributed by atoms with Crippen LogP contribution in [0.1, 0.15) is 22.6 Å². The summed E-state index contributed by atoms with van der Waals surface area (Å²) in [5.74, 6) is 0.195. The van der Waals surface area contributed by atoms with Gasteiger partial charge in [0, 0.05) is 49.8 Å². The van der Waals surface area contributed by atoms with Gasteiger partial charge in [0.15, 0.2) is 0 Å². The molecule has 1 N–H and O–H groups in total. The molecule has 140 valence electrons. The fourth-order valence-corrected chi connectivity index (χ4v) is 3.91. The molecule has 3 heterocycles. The maximum absolute atomic E-state index is 10.5. The molecule has 0 aliphatic carbocycles. The van der Waals surface area contributed by atoms with Crippen molar-refractivity contribution >= 4 is 0 Å². The molecule has 0 spiro atoms. The van der Waals surface area contributed by atoms with E-state index >= 15 is 0 Å². The van der Waals surface area contributed by atoms with E-state index in [9.17, 15) is 5.11 Å². The van der Waals surface area contributed by atoms with Gasteiger partial charge in [0.25, 0.3) is 0 Å². The van der Waals surface area contributed by atoms with Gasteiger partial charge >= 0.3 is 0 Å². The van der Waals surface area contributed by atoms with Crippen LogP contribution in [0.5, 0.6) is 0 Å². The molecule has 1 saturated heterocycles. The van der Waals surface area contributed by atoms with Gasteiger partial charge in [-0.15, -0.1) is 0 Å². The number of nitrogens with zero attached hydrogens (tertiary/aromatic N) is 5. The van der Waals surface area contributed by atoms with Gasteiger partial charge in [-0.05, 0) is 44.0 Å². The lowest BCUT2D eigenvalue weighted by molar-refractivity contribution is 0.140. The molecule has 27 heavy (non-hydrogen) atoms. The number of benzene rings is 1. The van der Waals surface area contributed by atoms with Crippen molar-refractivity contribution in [3.63, 3.8) is 0 Å². The zero-order chi connectivity index (χ0) is 18.8. The molecule has 1 aliphatic heterocycles. The van der Waals surface area contributed by atoms with E-state index in [1.165, 1.54) is 5.56 Å².